The summed E-state index contributed by atoms with van der Waals surface area (Å²) < 4.78 is 1.95. The number of rotatable bonds is 4. The van der Waals surface area contributed by atoms with Gasteiger partial charge in [-0.1, -0.05) is 18.2 Å². The Morgan fingerprint density at radius 1 is 1.20 bits per heavy atom. The van der Waals surface area contributed by atoms with Gasteiger partial charge in [-0.2, -0.15) is 0 Å². The van der Waals surface area contributed by atoms with Gasteiger partial charge in [0.05, 0.1) is 9.89 Å². The molecule has 0 aliphatic heterocycles. The van der Waals surface area contributed by atoms with Crippen LogP contribution in [0.25, 0.3) is 0 Å². The van der Waals surface area contributed by atoms with E-state index in [2.05, 4.69) is 63.9 Å². The maximum atomic E-state index is 10.6. The first-order valence-corrected chi connectivity index (χ1v) is 8.74. The lowest BCUT2D eigenvalue weighted by Crippen LogP contribution is -2.19. The van der Waals surface area contributed by atoms with Gasteiger partial charge in [-0.15, -0.1) is 11.3 Å². The second-order valence-electron chi connectivity index (χ2n) is 4.90. The molecule has 0 radical (unpaired) electrons. The predicted molar refractivity (Wildman–Crippen MR) is 92.4 cm³/mol. The third kappa shape index (κ3) is 3.34. The van der Waals surface area contributed by atoms with Gasteiger partial charge < -0.3 is 10.8 Å². The zero-order chi connectivity index (χ0) is 14.9. The molecule has 0 aliphatic rings. The van der Waals surface area contributed by atoms with Crippen LogP contribution in [-0.4, -0.2) is 11.7 Å². The number of aryl methyl sites for hydroxylation is 2. The maximum absolute atomic E-state index is 10.6. The molecule has 2 aromatic rings. The number of benzene rings is 1. The minimum Gasteiger partial charge on any atom is -0.387 e. The number of halogens is 2. The van der Waals surface area contributed by atoms with Crippen molar-refractivity contribution in [2.75, 3.05) is 6.54 Å². The average molecular weight is 419 g/mol. The molecule has 2 rings (SSSR count). The third-order valence-corrected chi connectivity index (χ3v) is 6.88. The van der Waals surface area contributed by atoms with Gasteiger partial charge in [0.15, 0.2) is 0 Å². The first kappa shape index (κ1) is 16.2. The molecule has 0 amide bonds. The van der Waals surface area contributed by atoms with Gasteiger partial charge in [-0.3, -0.25) is 0 Å². The molecule has 1 aromatic carbocycles. The Kier molecular flexibility index (Phi) is 5.42. The monoisotopic (exact) mass is 417 g/mol. The van der Waals surface area contributed by atoms with Gasteiger partial charge in [0.25, 0.3) is 0 Å². The molecular formula is C15H17Br2NOS. The molecule has 0 bridgehead atoms. The fourth-order valence-corrected chi connectivity index (χ4v) is 4.29. The molecule has 2 atom stereocenters. The van der Waals surface area contributed by atoms with E-state index >= 15 is 0 Å². The summed E-state index contributed by atoms with van der Waals surface area (Å²) in [6.45, 7) is 4.58. The number of hydrogen-bond acceptors (Lipinski definition) is 3. The van der Waals surface area contributed by atoms with E-state index in [0.29, 0.717) is 6.54 Å². The highest BCUT2D eigenvalue weighted by molar-refractivity contribution is 9.13. The molecule has 2 nitrogen and oxygen atoms in total. The lowest BCUT2D eigenvalue weighted by atomic mass is 9.90. The number of nitrogens with two attached hydrogens (primary N) is 1. The molecule has 0 aliphatic carbocycles. The summed E-state index contributed by atoms with van der Waals surface area (Å²) in [6.07, 6.45) is -0.588. The van der Waals surface area contributed by atoms with Crippen molar-refractivity contribution in [1.82, 2.24) is 0 Å². The van der Waals surface area contributed by atoms with Crippen molar-refractivity contribution in [2.45, 2.75) is 25.9 Å². The Morgan fingerprint density at radius 2 is 1.90 bits per heavy atom. The van der Waals surface area contributed by atoms with E-state index in [-0.39, 0.29) is 5.92 Å². The van der Waals surface area contributed by atoms with Gasteiger partial charge in [-0.25, -0.2) is 0 Å². The van der Waals surface area contributed by atoms with Crippen LogP contribution >= 0.6 is 43.2 Å². The molecule has 0 saturated heterocycles. The molecule has 0 saturated carbocycles. The second kappa shape index (κ2) is 6.71. The molecule has 108 valence electrons. The maximum Gasteiger partial charge on any atom is 0.0963 e. The van der Waals surface area contributed by atoms with Crippen LogP contribution < -0.4 is 5.73 Å². The summed E-state index contributed by atoms with van der Waals surface area (Å²) in [5.74, 6) is -0.0910. The molecule has 20 heavy (non-hydrogen) atoms. The minimum atomic E-state index is -0.588. The van der Waals surface area contributed by atoms with E-state index in [1.165, 1.54) is 22.5 Å². The van der Waals surface area contributed by atoms with Gasteiger partial charge in [0.1, 0.15) is 0 Å². The largest absolute Gasteiger partial charge is 0.387 e. The Balaban J connectivity index is 2.33. The van der Waals surface area contributed by atoms with Crippen molar-refractivity contribution < 1.29 is 5.11 Å². The molecular weight excluding hydrogens is 402 g/mol. The van der Waals surface area contributed by atoms with E-state index in [9.17, 15) is 5.11 Å². The summed E-state index contributed by atoms with van der Waals surface area (Å²) in [4.78, 5) is 0.914. The van der Waals surface area contributed by atoms with E-state index in [0.717, 1.165) is 18.7 Å². The lowest BCUT2D eigenvalue weighted by Gasteiger charge is -2.21. The third-order valence-electron chi connectivity index (χ3n) is 3.55. The summed E-state index contributed by atoms with van der Waals surface area (Å²) in [7, 11) is 0. The fourth-order valence-electron chi connectivity index (χ4n) is 2.15. The lowest BCUT2D eigenvalue weighted by molar-refractivity contribution is 0.151. The van der Waals surface area contributed by atoms with E-state index in [1.54, 1.807) is 0 Å². The Bertz CT molecular complexity index is 592. The molecule has 0 fully saturated rings. The number of thiophene rings is 1. The van der Waals surface area contributed by atoms with Crippen LogP contribution in [0.4, 0.5) is 0 Å². The Hall–Kier alpha value is -0.200. The summed E-state index contributed by atoms with van der Waals surface area (Å²) in [6, 6.07) is 8.21. The molecule has 1 aromatic heterocycles. The highest BCUT2D eigenvalue weighted by atomic mass is 79.9. The van der Waals surface area contributed by atoms with Crippen LogP contribution in [0.1, 0.15) is 33.6 Å². The van der Waals surface area contributed by atoms with Crippen molar-refractivity contribution in [1.29, 1.82) is 0 Å². The van der Waals surface area contributed by atoms with Gasteiger partial charge in [0, 0.05) is 21.8 Å². The van der Waals surface area contributed by atoms with Crippen LogP contribution in [0.5, 0.6) is 0 Å². The SMILES string of the molecule is Cc1ccc(C(CN)C(O)c2cc(Br)c(Br)s2)cc1C. The molecule has 1 heterocycles. The van der Waals surface area contributed by atoms with Gasteiger partial charge in [0.2, 0.25) is 0 Å². The number of aliphatic hydroxyl groups excluding tert-OH is 1. The summed E-state index contributed by atoms with van der Waals surface area (Å²) >= 11 is 8.45. The van der Waals surface area contributed by atoms with Crippen molar-refractivity contribution in [3.8, 4) is 0 Å². The van der Waals surface area contributed by atoms with E-state index in [4.69, 9.17) is 5.73 Å². The normalized spacial score (nSPS) is 14.3. The minimum absolute atomic E-state index is 0.0910. The number of hydrogen-bond donors (Lipinski definition) is 2. The number of aliphatic hydroxyl groups is 1. The fraction of sp³-hybridized carbons (Fsp3) is 0.333. The van der Waals surface area contributed by atoms with Crippen molar-refractivity contribution in [2.24, 2.45) is 5.73 Å². The highest BCUT2D eigenvalue weighted by Crippen LogP contribution is 2.40. The van der Waals surface area contributed by atoms with Crippen LogP contribution in [0, 0.1) is 13.8 Å². The van der Waals surface area contributed by atoms with E-state index in [1.807, 2.05) is 6.07 Å². The standard InChI is InChI=1S/C15H17Br2NOS/c1-8-3-4-10(5-9(8)2)11(7-18)14(19)13-6-12(16)15(17)20-13/h3-6,11,14,19H,7,18H2,1-2H3. The molecule has 0 spiro atoms. The van der Waals surface area contributed by atoms with Crippen LogP contribution in [-0.2, 0) is 0 Å². The topological polar surface area (TPSA) is 46.2 Å². The molecule has 3 N–H and O–H groups in total. The van der Waals surface area contributed by atoms with Crippen LogP contribution in [0.15, 0.2) is 32.5 Å². The molecule has 2 unspecified atom stereocenters. The average Bonchev–Trinajstić information content (AvgIpc) is 2.74. The van der Waals surface area contributed by atoms with Crippen molar-refractivity contribution >= 4 is 43.2 Å². The summed E-state index contributed by atoms with van der Waals surface area (Å²) in [5.41, 5.74) is 9.46. The first-order chi connectivity index (χ1) is 9.43. The zero-order valence-electron chi connectivity index (χ0n) is 11.4. The summed E-state index contributed by atoms with van der Waals surface area (Å²) in [5, 5.41) is 10.6. The second-order valence-corrected chi connectivity index (χ2v) is 8.16. The van der Waals surface area contributed by atoms with Crippen molar-refractivity contribution in [3.05, 3.63) is 54.1 Å². The zero-order valence-corrected chi connectivity index (χ0v) is 15.3. The molecule has 5 heteroatoms. The highest BCUT2D eigenvalue weighted by Gasteiger charge is 2.24. The van der Waals surface area contributed by atoms with E-state index < -0.39 is 6.10 Å². The van der Waals surface area contributed by atoms with Gasteiger partial charge in [-0.05, 0) is 68.5 Å². The first-order valence-electron chi connectivity index (χ1n) is 6.34. The smallest absolute Gasteiger partial charge is 0.0963 e. The van der Waals surface area contributed by atoms with Gasteiger partial charge >= 0.3 is 0 Å². The Morgan fingerprint density at radius 3 is 2.40 bits per heavy atom. The quantitative estimate of drug-likeness (QED) is 0.757. The Labute approximate surface area is 140 Å². The van der Waals surface area contributed by atoms with Crippen molar-refractivity contribution in [3.63, 3.8) is 0 Å². The van der Waals surface area contributed by atoms with Crippen LogP contribution in [0.3, 0.4) is 0 Å². The predicted octanol–water partition coefficient (Wildman–Crippen LogP) is 4.67. The van der Waals surface area contributed by atoms with Crippen LogP contribution in [0.2, 0.25) is 0 Å².